The average Bonchev–Trinajstić information content (AvgIpc) is 2.57. The van der Waals surface area contributed by atoms with Gasteiger partial charge in [-0.1, -0.05) is 13.8 Å². The van der Waals surface area contributed by atoms with Crippen molar-refractivity contribution in [2.45, 2.75) is 26.2 Å². The van der Waals surface area contributed by atoms with Crippen molar-refractivity contribution in [3.63, 3.8) is 0 Å². The number of pyridine rings is 1. The van der Waals surface area contributed by atoms with Crippen LogP contribution in [-0.4, -0.2) is 31.2 Å². The van der Waals surface area contributed by atoms with Gasteiger partial charge in [0.25, 0.3) is 0 Å². The van der Waals surface area contributed by atoms with Gasteiger partial charge in [0.15, 0.2) is 0 Å². The molecule has 0 radical (unpaired) electrons. The number of hydrogen-bond acceptors (Lipinski definition) is 3. The Labute approximate surface area is 97.9 Å². The van der Waals surface area contributed by atoms with Gasteiger partial charge in [-0.25, -0.2) is 4.98 Å². The van der Waals surface area contributed by atoms with Crippen molar-refractivity contribution < 1.29 is 0 Å². The topological polar surface area (TPSA) is 28.2 Å². The Kier molecular flexibility index (Phi) is 3.78. The first-order valence-electron chi connectivity index (χ1n) is 6.19. The zero-order valence-corrected chi connectivity index (χ0v) is 10.2. The van der Waals surface area contributed by atoms with E-state index in [2.05, 4.69) is 41.2 Å². The molecule has 1 fully saturated rings. The minimum absolute atomic E-state index is 0.576. The lowest BCUT2D eigenvalue weighted by Gasteiger charge is -2.22. The van der Waals surface area contributed by atoms with Gasteiger partial charge in [0.1, 0.15) is 5.82 Å². The van der Waals surface area contributed by atoms with Crippen LogP contribution in [0.2, 0.25) is 0 Å². The molecule has 0 unspecified atom stereocenters. The lowest BCUT2D eigenvalue weighted by molar-refractivity contribution is 0.724. The second-order valence-electron chi connectivity index (χ2n) is 4.69. The van der Waals surface area contributed by atoms with Gasteiger partial charge >= 0.3 is 0 Å². The van der Waals surface area contributed by atoms with Crippen LogP contribution in [0.1, 0.15) is 31.7 Å². The first-order chi connectivity index (χ1) is 7.77. The Morgan fingerprint density at radius 3 is 3.00 bits per heavy atom. The minimum atomic E-state index is 0.576. The van der Waals surface area contributed by atoms with E-state index >= 15 is 0 Å². The molecule has 0 spiro atoms. The number of nitrogens with one attached hydrogen (secondary N) is 1. The van der Waals surface area contributed by atoms with Crippen LogP contribution in [0.4, 0.5) is 5.82 Å². The maximum absolute atomic E-state index is 4.49. The van der Waals surface area contributed by atoms with Gasteiger partial charge in [0, 0.05) is 25.8 Å². The third-order valence-electron chi connectivity index (χ3n) is 3.10. The molecule has 1 aromatic rings. The van der Waals surface area contributed by atoms with Gasteiger partial charge in [-0.15, -0.1) is 0 Å². The summed E-state index contributed by atoms with van der Waals surface area (Å²) >= 11 is 0. The van der Waals surface area contributed by atoms with Crippen LogP contribution < -0.4 is 10.2 Å². The highest BCUT2D eigenvalue weighted by Gasteiger charge is 2.11. The molecule has 16 heavy (non-hydrogen) atoms. The second kappa shape index (κ2) is 5.30. The lowest BCUT2D eigenvalue weighted by Crippen LogP contribution is -2.28. The van der Waals surface area contributed by atoms with Crippen LogP contribution in [0.15, 0.2) is 18.3 Å². The summed E-state index contributed by atoms with van der Waals surface area (Å²) in [5, 5.41) is 3.41. The predicted octanol–water partition coefficient (Wildman–Crippen LogP) is 2.00. The SMILES string of the molecule is CC(C)c1ccnc(N2CCCNCC2)c1. The summed E-state index contributed by atoms with van der Waals surface area (Å²) in [6.07, 6.45) is 3.14. The Morgan fingerprint density at radius 2 is 2.19 bits per heavy atom. The molecule has 2 rings (SSSR count). The van der Waals surface area contributed by atoms with Crippen molar-refractivity contribution in [3.05, 3.63) is 23.9 Å². The normalized spacial score (nSPS) is 17.6. The Hall–Kier alpha value is -1.09. The average molecular weight is 219 g/mol. The number of rotatable bonds is 2. The zero-order chi connectivity index (χ0) is 11.4. The van der Waals surface area contributed by atoms with Crippen molar-refractivity contribution in [2.75, 3.05) is 31.1 Å². The molecule has 0 amide bonds. The van der Waals surface area contributed by atoms with E-state index in [0.717, 1.165) is 32.0 Å². The molecule has 0 aromatic carbocycles. The third kappa shape index (κ3) is 2.73. The van der Waals surface area contributed by atoms with Crippen LogP contribution in [0, 0.1) is 0 Å². The van der Waals surface area contributed by atoms with Crippen molar-refractivity contribution in [1.82, 2.24) is 10.3 Å². The molecular weight excluding hydrogens is 198 g/mol. The number of aromatic nitrogens is 1. The third-order valence-corrected chi connectivity index (χ3v) is 3.10. The highest BCUT2D eigenvalue weighted by molar-refractivity contribution is 5.42. The summed E-state index contributed by atoms with van der Waals surface area (Å²) in [6.45, 7) is 8.82. The molecule has 1 N–H and O–H groups in total. The van der Waals surface area contributed by atoms with Crippen LogP contribution >= 0.6 is 0 Å². The van der Waals surface area contributed by atoms with Crippen molar-refractivity contribution >= 4 is 5.82 Å². The van der Waals surface area contributed by atoms with Crippen molar-refractivity contribution in [3.8, 4) is 0 Å². The van der Waals surface area contributed by atoms with Gasteiger partial charge in [0.2, 0.25) is 0 Å². The first-order valence-corrected chi connectivity index (χ1v) is 6.19. The van der Waals surface area contributed by atoms with Gasteiger partial charge < -0.3 is 10.2 Å². The molecule has 0 saturated carbocycles. The molecule has 88 valence electrons. The molecule has 1 aliphatic rings. The van der Waals surface area contributed by atoms with E-state index in [4.69, 9.17) is 0 Å². The summed E-state index contributed by atoms with van der Waals surface area (Å²) in [7, 11) is 0. The lowest BCUT2D eigenvalue weighted by atomic mass is 10.1. The van der Waals surface area contributed by atoms with Crippen LogP contribution in [0.3, 0.4) is 0 Å². The minimum Gasteiger partial charge on any atom is -0.355 e. The zero-order valence-electron chi connectivity index (χ0n) is 10.2. The van der Waals surface area contributed by atoms with Gasteiger partial charge in [-0.05, 0) is 36.6 Å². The Bertz CT molecular complexity index is 328. The molecule has 0 aliphatic carbocycles. The van der Waals surface area contributed by atoms with E-state index in [-0.39, 0.29) is 0 Å². The molecule has 0 bridgehead atoms. The molecule has 1 aliphatic heterocycles. The molecule has 1 aromatic heterocycles. The molecule has 1 saturated heterocycles. The standard InChI is InChI=1S/C13H21N3/c1-11(2)12-4-6-15-13(10-12)16-8-3-5-14-7-9-16/h4,6,10-11,14H,3,5,7-9H2,1-2H3. The monoisotopic (exact) mass is 219 g/mol. The summed E-state index contributed by atoms with van der Waals surface area (Å²) in [6, 6.07) is 4.35. The fraction of sp³-hybridized carbons (Fsp3) is 0.615. The molecule has 2 heterocycles. The van der Waals surface area contributed by atoms with Gasteiger partial charge in [-0.2, -0.15) is 0 Å². The maximum atomic E-state index is 4.49. The quantitative estimate of drug-likeness (QED) is 0.824. The second-order valence-corrected chi connectivity index (χ2v) is 4.69. The highest BCUT2D eigenvalue weighted by Crippen LogP contribution is 2.19. The van der Waals surface area contributed by atoms with E-state index in [9.17, 15) is 0 Å². The van der Waals surface area contributed by atoms with E-state index in [1.807, 2.05) is 6.20 Å². The van der Waals surface area contributed by atoms with Gasteiger partial charge in [-0.3, -0.25) is 0 Å². The van der Waals surface area contributed by atoms with Crippen molar-refractivity contribution in [1.29, 1.82) is 0 Å². The largest absolute Gasteiger partial charge is 0.355 e. The predicted molar refractivity (Wildman–Crippen MR) is 68.0 cm³/mol. The number of hydrogen-bond donors (Lipinski definition) is 1. The van der Waals surface area contributed by atoms with Gasteiger partial charge in [0.05, 0.1) is 0 Å². The van der Waals surface area contributed by atoms with E-state index in [1.54, 1.807) is 0 Å². The molecule has 3 heteroatoms. The molecule has 0 atom stereocenters. The first kappa shape index (κ1) is 11.4. The van der Waals surface area contributed by atoms with Crippen LogP contribution in [0.25, 0.3) is 0 Å². The van der Waals surface area contributed by atoms with E-state index in [1.165, 1.54) is 12.0 Å². The fourth-order valence-electron chi connectivity index (χ4n) is 2.04. The summed E-state index contributed by atoms with van der Waals surface area (Å²) in [5.41, 5.74) is 1.38. The van der Waals surface area contributed by atoms with E-state index < -0.39 is 0 Å². The summed E-state index contributed by atoms with van der Waals surface area (Å²) < 4.78 is 0. The number of nitrogens with zero attached hydrogens (tertiary/aromatic N) is 2. The summed E-state index contributed by atoms with van der Waals surface area (Å²) in [5.74, 6) is 1.71. The highest BCUT2D eigenvalue weighted by atomic mass is 15.2. The van der Waals surface area contributed by atoms with E-state index in [0.29, 0.717) is 5.92 Å². The van der Waals surface area contributed by atoms with Crippen molar-refractivity contribution in [2.24, 2.45) is 0 Å². The molecule has 3 nitrogen and oxygen atoms in total. The maximum Gasteiger partial charge on any atom is 0.128 e. The van der Waals surface area contributed by atoms with Crippen LogP contribution in [0.5, 0.6) is 0 Å². The Balaban J connectivity index is 2.15. The Morgan fingerprint density at radius 1 is 1.31 bits per heavy atom. The fourth-order valence-corrected chi connectivity index (χ4v) is 2.04. The van der Waals surface area contributed by atoms with Crippen LogP contribution in [-0.2, 0) is 0 Å². The smallest absolute Gasteiger partial charge is 0.128 e. The molecular formula is C13H21N3. The number of anilines is 1. The summed E-state index contributed by atoms with van der Waals surface area (Å²) in [4.78, 5) is 6.87.